The molecule has 1 saturated heterocycles. The molecule has 1 aromatic rings. The first kappa shape index (κ1) is 33.9. The molecule has 1 amide bonds. The van der Waals surface area contributed by atoms with Crippen molar-refractivity contribution in [3.8, 4) is 0 Å². The van der Waals surface area contributed by atoms with Crippen LogP contribution in [0.3, 0.4) is 0 Å². The van der Waals surface area contributed by atoms with Gasteiger partial charge >= 0.3 is 5.97 Å². The summed E-state index contributed by atoms with van der Waals surface area (Å²) in [6, 6.07) is -0.852. The van der Waals surface area contributed by atoms with E-state index in [2.05, 4.69) is 61.0 Å². The monoisotopic (exact) mass is 685 g/mol. The maximum absolute atomic E-state index is 13.4. The van der Waals surface area contributed by atoms with Crippen LogP contribution in [0.15, 0.2) is 132 Å². The summed E-state index contributed by atoms with van der Waals surface area (Å²) in [6.45, 7) is 14.5. The Morgan fingerprint density at radius 1 is 1.10 bits per heavy atom. The highest BCUT2D eigenvalue weighted by molar-refractivity contribution is 6.21. The van der Waals surface area contributed by atoms with Gasteiger partial charge in [-0.2, -0.15) is 0 Å². The first-order valence-electron chi connectivity index (χ1n) is 17.5. The Bertz CT molecular complexity index is 2130. The molecule has 6 aliphatic rings. The molecule has 6 heterocycles. The van der Waals surface area contributed by atoms with Crippen molar-refractivity contribution in [3.05, 3.63) is 122 Å². The van der Waals surface area contributed by atoms with Crippen LogP contribution in [0.2, 0.25) is 0 Å². The van der Waals surface area contributed by atoms with Gasteiger partial charge in [-0.1, -0.05) is 26.5 Å². The van der Waals surface area contributed by atoms with Gasteiger partial charge in [0.25, 0.3) is 0 Å². The largest absolute Gasteiger partial charge is 0.511 e. The predicted octanol–water partition coefficient (Wildman–Crippen LogP) is 6.25. The van der Waals surface area contributed by atoms with Crippen molar-refractivity contribution >= 4 is 29.0 Å². The molecule has 0 aromatic carbocycles. The van der Waals surface area contributed by atoms with Gasteiger partial charge in [0.15, 0.2) is 0 Å². The lowest BCUT2D eigenvalue weighted by Crippen LogP contribution is -2.43. The molecular formula is C40H43N7O4. The maximum atomic E-state index is 13.4. The topological polar surface area (TPSA) is 153 Å². The number of amides is 1. The molecule has 11 nitrogen and oxygen atoms in total. The van der Waals surface area contributed by atoms with E-state index >= 15 is 0 Å². The van der Waals surface area contributed by atoms with Gasteiger partial charge < -0.3 is 25.5 Å². The molecule has 3 atom stereocenters. The van der Waals surface area contributed by atoms with Gasteiger partial charge in [0, 0.05) is 71.1 Å². The number of aromatic nitrogens is 2. The van der Waals surface area contributed by atoms with Crippen LogP contribution in [0.25, 0.3) is 0 Å². The zero-order chi connectivity index (χ0) is 36.1. The minimum atomic E-state index is -0.852. The van der Waals surface area contributed by atoms with E-state index in [-0.39, 0.29) is 36.3 Å². The molecule has 1 aromatic heterocycles. The molecule has 0 unspecified atom stereocenters. The van der Waals surface area contributed by atoms with Crippen molar-refractivity contribution in [3.63, 3.8) is 0 Å². The number of fused-ring (bicyclic) bond motifs is 5. The number of hydrogen-bond acceptors (Lipinski definition) is 9. The first-order chi connectivity index (χ1) is 24.5. The minimum Gasteiger partial charge on any atom is -0.511 e. The lowest BCUT2D eigenvalue weighted by Gasteiger charge is -2.19. The zero-order valence-electron chi connectivity index (χ0n) is 29.9. The fraction of sp³-hybridized carbons (Fsp3) is 0.350. The van der Waals surface area contributed by atoms with Crippen molar-refractivity contribution in [2.75, 3.05) is 7.11 Å². The molecule has 5 aliphatic heterocycles. The summed E-state index contributed by atoms with van der Waals surface area (Å²) in [5, 5.41) is 18.0. The van der Waals surface area contributed by atoms with Crippen LogP contribution in [0.4, 0.5) is 0 Å². The summed E-state index contributed by atoms with van der Waals surface area (Å²) >= 11 is 0. The average molecular weight is 686 g/mol. The van der Waals surface area contributed by atoms with E-state index in [1.54, 1.807) is 6.20 Å². The first-order valence-corrected chi connectivity index (χ1v) is 17.5. The van der Waals surface area contributed by atoms with Gasteiger partial charge in [-0.15, -0.1) is 0 Å². The number of carbonyl (C=O) groups excluding carboxylic acids is 2. The second-order valence-electron chi connectivity index (χ2n) is 13.7. The van der Waals surface area contributed by atoms with E-state index in [0.29, 0.717) is 18.5 Å². The highest BCUT2D eigenvalue weighted by atomic mass is 16.5. The Balaban J connectivity index is 1.29. The van der Waals surface area contributed by atoms with Gasteiger partial charge in [-0.25, -0.2) is 24.8 Å². The third-order valence-electron chi connectivity index (χ3n) is 10.8. The number of aliphatic hydroxyl groups excluding tert-OH is 1. The van der Waals surface area contributed by atoms with Crippen LogP contribution in [0, 0.1) is 11.8 Å². The normalized spacial score (nSPS) is 22.9. The van der Waals surface area contributed by atoms with Gasteiger partial charge in [-0.05, 0) is 74.1 Å². The summed E-state index contributed by atoms with van der Waals surface area (Å²) in [5.74, 6) is -0.622. The molecule has 7 rings (SSSR count). The number of methoxy groups -OCH3 is 1. The number of aliphatic hydroxyl groups is 1. The lowest BCUT2D eigenvalue weighted by atomic mass is 9.86. The van der Waals surface area contributed by atoms with E-state index in [0.717, 1.165) is 91.1 Å². The van der Waals surface area contributed by atoms with E-state index < -0.39 is 12.0 Å². The molecule has 0 radical (unpaired) electrons. The number of aromatic amines is 1. The number of nitrogens with one attached hydrogen (secondary N) is 3. The molecular weight excluding hydrogens is 642 g/mol. The summed E-state index contributed by atoms with van der Waals surface area (Å²) < 4.78 is 4.98. The molecule has 0 saturated carbocycles. The number of ether oxygens (including phenoxy) is 1. The van der Waals surface area contributed by atoms with Crippen LogP contribution in [-0.2, 0) is 20.7 Å². The molecule has 1 fully saturated rings. The van der Waals surface area contributed by atoms with Crippen LogP contribution in [0.5, 0.6) is 0 Å². The molecule has 4 N–H and O–H groups in total. The SMILES string of the molecule is C=CC1=C(C)C2=NC1=CC1=NC(=CC3=C(C)C4=C(O)CC(=C5NC(=C2)[C@@H](C)[C@@H]5CCC(=O)N[C@@H](Cc2cnc[nH]2)C(=O)OC)C4=N3)C(CC)=C1C. The smallest absolute Gasteiger partial charge is 0.328 e. The molecule has 51 heavy (non-hydrogen) atoms. The van der Waals surface area contributed by atoms with Crippen molar-refractivity contribution in [2.24, 2.45) is 26.8 Å². The summed E-state index contributed by atoms with van der Waals surface area (Å²) in [6.07, 6.45) is 13.2. The van der Waals surface area contributed by atoms with Gasteiger partial charge in [-0.3, -0.25) is 4.79 Å². The number of imidazole rings is 1. The van der Waals surface area contributed by atoms with Crippen molar-refractivity contribution in [1.29, 1.82) is 0 Å². The van der Waals surface area contributed by atoms with Crippen LogP contribution in [0.1, 0.15) is 66.0 Å². The Kier molecular flexibility index (Phi) is 8.82. The molecule has 0 spiro atoms. The van der Waals surface area contributed by atoms with Crippen LogP contribution < -0.4 is 10.6 Å². The molecule has 11 heteroatoms. The van der Waals surface area contributed by atoms with E-state index in [4.69, 9.17) is 19.7 Å². The highest BCUT2D eigenvalue weighted by Crippen LogP contribution is 2.46. The molecule has 262 valence electrons. The number of allylic oxidation sites excluding steroid dienone is 12. The number of aliphatic imine (C=N–C) groups is 3. The summed E-state index contributed by atoms with van der Waals surface area (Å²) in [7, 11) is 1.31. The van der Waals surface area contributed by atoms with Gasteiger partial charge in [0.05, 0.1) is 47.7 Å². The standard InChI is InChI=1S/C40H43N7O4/c1-8-24-19(3)28-14-30-21(5)26(10-11-36(49)45-34(40(50)51-7)12-23-17-41-18-42-23)38(46-30)27-13-35(48)37-22(6)31(47-39(27)37)16-33-25(9-2)20(4)29(44-33)15-32(24)43-28/h8,14-18,21,26,34,46,48H,1,9-13H2,2-7H3,(H,41,42)(H,45,49)/t21-,26-,34-/m0/s1. The number of rotatable bonds is 9. The fourth-order valence-corrected chi connectivity index (χ4v) is 7.89. The van der Waals surface area contributed by atoms with Crippen LogP contribution >= 0.6 is 0 Å². The van der Waals surface area contributed by atoms with Crippen molar-refractivity contribution < 1.29 is 19.4 Å². The average Bonchev–Trinajstić information content (AvgIpc) is 3.95. The summed E-state index contributed by atoms with van der Waals surface area (Å²) in [5.41, 5.74) is 14.3. The Hall–Kier alpha value is -5.58. The number of nitrogens with zero attached hydrogens (tertiary/aromatic N) is 4. The zero-order valence-corrected chi connectivity index (χ0v) is 29.9. The third kappa shape index (κ3) is 5.90. The Labute approximate surface area is 297 Å². The minimum absolute atomic E-state index is 0.0189. The maximum Gasteiger partial charge on any atom is 0.328 e. The number of esters is 1. The number of carbonyl (C=O) groups is 2. The Morgan fingerprint density at radius 2 is 1.86 bits per heavy atom. The van der Waals surface area contributed by atoms with Crippen molar-refractivity contribution in [2.45, 2.75) is 72.8 Å². The van der Waals surface area contributed by atoms with Crippen molar-refractivity contribution in [1.82, 2.24) is 20.6 Å². The second-order valence-corrected chi connectivity index (χ2v) is 13.7. The fourth-order valence-electron chi connectivity index (χ4n) is 7.89. The Morgan fingerprint density at radius 3 is 2.57 bits per heavy atom. The predicted molar refractivity (Wildman–Crippen MR) is 198 cm³/mol. The summed E-state index contributed by atoms with van der Waals surface area (Å²) in [4.78, 5) is 48.3. The lowest BCUT2D eigenvalue weighted by molar-refractivity contribution is -0.145. The highest BCUT2D eigenvalue weighted by Gasteiger charge is 2.41. The van der Waals surface area contributed by atoms with E-state index in [1.807, 2.05) is 25.2 Å². The quantitative estimate of drug-likeness (QED) is 0.226. The number of hydrogen-bond donors (Lipinski definition) is 4. The van der Waals surface area contributed by atoms with Crippen LogP contribution in [-0.4, -0.2) is 57.2 Å². The molecule has 1 aliphatic carbocycles. The van der Waals surface area contributed by atoms with Gasteiger partial charge in [0.1, 0.15) is 11.8 Å². The third-order valence-corrected chi connectivity index (χ3v) is 10.8. The molecule has 8 bridgehead atoms. The van der Waals surface area contributed by atoms with E-state index in [9.17, 15) is 14.7 Å². The van der Waals surface area contributed by atoms with Gasteiger partial charge in [0.2, 0.25) is 5.91 Å². The number of H-pyrrole nitrogens is 1. The van der Waals surface area contributed by atoms with E-state index in [1.165, 1.54) is 13.4 Å². The second kappa shape index (κ2) is 13.3.